The van der Waals surface area contributed by atoms with Crippen LogP contribution in [0.4, 0.5) is 0 Å². The third kappa shape index (κ3) is 3.76. The molecule has 0 unspecified atom stereocenters. The minimum Gasteiger partial charge on any atom is -0.454 e. The molecule has 1 amide bonds. The van der Waals surface area contributed by atoms with E-state index in [0.717, 1.165) is 65.4 Å². The molecule has 7 heteroatoms. The van der Waals surface area contributed by atoms with Gasteiger partial charge in [-0.25, -0.2) is 0 Å². The number of nitrogens with one attached hydrogen (secondary N) is 2. The molecule has 0 spiro atoms. The average Bonchev–Trinajstić information content (AvgIpc) is 3.54. The van der Waals surface area contributed by atoms with Gasteiger partial charge in [0.05, 0.1) is 11.9 Å². The van der Waals surface area contributed by atoms with Gasteiger partial charge in [-0.05, 0) is 48.7 Å². The van der Waals surface area contributed by atoms with Gasteiger partial charge in [0.1, 0.15) is 0 Å². The van der Waals surface area contributed by atoms with Gasteiger partial charge in [-0.1, -0.05) is 12.1 Å². The number of aromatic nitrogens is 2. The standard InChI is InChI=1S/C23H24N4O3/c28-23(27-9-1-2-10-27)17-5-3-16(4-6-17)12-24-13-19-14-25-26-22(19)18-7-8-20-21(11-18)30-15-29-20/h3-8,11,14,24H,1-2,9-10,12-13,15H2,(H,25,26). The smallest absolute Gasteiger partial charge is 0.253 e. The SMILES string of the molecule is O=C(c1ccc(CNCc2cn[nH]c2-c2ccc3c(c2)OCO3)cc1)N1CCCC1. The summed E-state index contributed by atoms with van der Waals surface area (Å²) in [6.45, 7) is 3.40. The van der Waals surface area contributed by atoms with Crippen LogP contribution in [0.2, 0.25) is 0 Å². The molecular formula is C23H24N4O3. The normalized spacial score (nSPS) is 15.0. The number of H-pyrrole nitrogens is 1. The first kappa shape index (κ1) is 18.7. The Kier molecular flexibility index (Phi) is 5.11. The number of amides is 1. The Labute approximate surface area is 175 Å². The van der Waals surface area contributed by atoms with Crippen LogP contribution in [0, 0.1) is 0 Å². The molecule has 2 N–H and O–H groups in total. The first-order valence-electron chi connectivity index (χ1n) is 10.3. The van der Waals surface area contributed by atoms with Crippen LogP contribution in [0.15, 0.2) is 48.7 Å². The van der Waals surface area contributed by atoms with Gasteiger partial charge in [0, 0.05) is 42.9 Å². The molecule has 0 saturated carbocycles. The van der Waals surface area contributed by atoms with Gasteiger partial charge in [0.2, 0.25) is 6.79 Å². The number of carbonyl (C=O) groups excluding carboxylic acids is 1. The van der Waals surface area contributed by atoms with E-state index in [-0.39, 0.29) is 12.7 Å². The van der Waals surface area contributed by atoms with E-state index in [4.69, 9.17) is 9.47 Å². The molecule has 3 aromatic rings. The lowest BCUT2D eigenvalue weighted by Crippen LogP contribution is -2.27. The fourth-order valence-electron chi connectivity index (χ4n) is 3.96. The van der Waals surface area contributed by atoms with Crippen LogP contribution in [0.5, 0.6) is 11.5 Å². The molecule has 2 aliphatic heterocycles. The van der Waals surface area contributed by atoms with E-state index in [1.165, 1.54) is 0 Å². The number of rotatable bonds is 6. The largest absolute Gasteiger partial charge is 0.454 e. The number of likely N-dealkylation sites (tertiary alicyclic amines) is 1. The van der Waals surface area contributed by atoms with E-state index < -0.39 is 0 Å². The van der Waals surface area contributed by atoms with Crippen molar-refractivity contribution in [3.05, 3.63) is 65.4 Å². The Morgan fingerprint density at radius 1 is 1.03 bits per heavy atom. The Morgan fingerprint density at radius 3 is 2.67 bits per heavy atom. The average molecular weight is 404 g/mol. The zero-order valence-corrected chi connectivity index (χ0v) is 16.7. The topological polar surface area (TPSA) is 79.5 Å². The molecule has 0 radical (unpaired) electrons. The van der Waals surface area contributed by atoms with E-state index in [2.05, 4.69) is 15.5 Å². The number of aromatic amines is 1. The van der Waals surface area contributed by atoms with Crippen LogP contribution >= 0.6 is 0 Å². The van der Waals surface area contributed by atoms with Crippen molar-refractivity contribution in [1.82, 2.24) is 20.4 Å². The monoisotopic (exact) mass is 404 g/mol. The maximum Gasteiger partial charge on any atom is 0.253 e. The van der Waals surface area contributed by atoms with Crippen LogP contribution in [0.3, 0.4) is 0 Å². The van der Waals surface area contributed by atoms with Crippen molar-refractivity contribution in [2.75, 3.05) is 19.9 Å². The fraction of sp³-hybridized carbons (Fsp3) is 0.304. The Hall–Kier alpha value is -3.32. The summed E-state index contributed by atoms with van der Waals surface area (Å²) >= 11 is 0. The molecule has 0 bridgehead atoms. The van der Waals surface area contributed by atoms with Gasteiger partial charge >= 0.3 is 0 Å². The highest BCUT2D eigenvalue weighted by Gasteiger charge is 2.19. The minimum absolute atomic E-state index is 0.138. The van der Waals surface area contributed by atoms with Crippen LogP contribution in [-0.2, 0) is 13.1 Å². The Balaban J connectivity index is 1.20. The predicted molar refractivity (Wildman–Crippen MR) is 112 cm³/mol. The minimum atomic E-state index is 0.138. The molecule has 1 aromatic heterocycles. The van der Waals surface area contributed by atoms with E-state index in [1.54, 1.807) is 0 Å². The quantitative estimate of drug-likeness (QED) is 0.659. The van der Waals surface area contributed by atoms with E-state index in [1.807, 2.05) is 53.6 Å². The maximum absolute atomic E-state index is 12.5. The highest BCUT2D eigenvalue weighted by atomic mass is 16.7. The highest BCUT2D eigenvalue weighted by Crippen LogP contribution is 2.36. The van der Waals surface area contributed by atoms with E-state index >= 15 is 0 Å². The second-order valence-corrected chi connectivity index (χ2v) is 7.64. The van der Waals surface area contributed by atoms with Crippen molar-refractivity contribution in [2.24, 2.45) is 0 Å². The van der Waals surface area contributed by atoms with Gasteiger partial charge in [-0.2, -0.15) is 5.10 Å². The zero-order chi connectivity index (χ0) is 20.3. The molecule has 30 heavy (non-hydrogen) atoms. The molecule has 1 saturated heterocycles. The van der Waals surface area contributed by atoms with E-state index in [0.29, 0.717) is 13.1 Å². The van der Waals surface area contributed by atoms with Crippen molar-refractivity contribution in [3.63, 3.8) is 0 Å². The summed E-state index contributed by atoms with van der Waals surface area (Å²) in [5, 5.41) is 10.7. The highest BCUT2D eigenvalue weighted by molar-refractivity contribution is 5.94. The van der Waals surface area contributed by atoms with Gasteiger partial charge in [-0.15, -0.1) is 0 Å². The van der Waals surface area contributed by atoms with Crippen LogP contribution < -0.4 is 14.8 Å². The zero-order valence-electron chi connectivity index (χ0n) is 16.7. The molecular weight excluding hydrogens is 380 g/mol. The number of hydrogen-bond donors (Lipinski definition) is 2. The summed E-state index contributed by atoms with van der Waals surface area (Å²) in [6, 6.07) is 13.8. The first-order chi connectivity index (χ1) is 14.8. The molecule has 3 heterocycles. The number of benzene rings is 2. The van der Waals surface area contributed by atoms with E-state index in [9.17, 15) is 4.79 Å². The second kappa shape index (κ2) is 8.20. The summed E-state index contributed by atoms with van der Waals surface area (Å²) in [4.78, 5) is 14.4. The van der Waals surface area contributed by atoms with Gasteiger partial charge < -0.3 is 19.7 Å². The molecule has 1 fully saturated rings. The first-order valence-corrected chi connectivity index (χ1v) is 10.3. The third-order valence-corrected chi connectivity index (χ3v) is 5.62. The molecule has 0 aliphatic carbocycles. The predicted octanol–water partition coefficient (Wildman–Crippen LogP) is 3.33. The number of carbonyl (C=O) groups is 1. The number of ether oxygens (including phenoxy) is 2. The molecule has 0 atom stereocenters. The van der Waals surface area contributed by atoms with Gasteiger partial charge in [-0.3, -0.25) is 9.89 Å². The maximum atomic E-state index is 12.5. The summed E-state index contributed by atoms with van der Waals surface area (Å²) in [6.07, 6.45) is 4.05. The van der Waals surface area contributed by atoms with Crippen LogP contribution in [-0.4, -0.2) is 40.9 Å². The summed E-state index contributed by atoms with van der Waals surface area (Å²) in [5.41, 5.74) is 4.96. The van der Waals surface area contributed by atoms with Crippen LogP contribution in [0.1, 0.15) is 34.3 Å². The lowest BCUT2D eigenvalue weighted by Gasteiger charge is -2.15. The number of nitrogens with zero attached hydrogens (tertiary/aromatic N) is 2. The Morgan fingerprint density at radius 2 is 1.83 bits per heavy atom. The number of hydrogen-bond acceptors (Lipinski definition) is 5. The fourth-order valence-corrected chi connectivity index (χ4v) is 3.96. The van der Waals surface area contributed by atoms with Crippen molar-refractivity contribution in [2.45, 2.75) is 25.9 Å². The Bertz CT molecular complexity index is 1040. The molecule has 5 rings (SSSR count). The van der Waals surface area contributed by atoms with Crippen LogP contribution in [0.25, 0.3) is 11.3 Å². The summed E-state index contributed by atoms with van der Waals surface area (Å²) < 4.78 is 10.9. The lowest BCUT2D eigenvalue weighted by atomic mass is 10.1. The van der Waals surface area contributed by atoms with Crippen molar-refractivity contribution < 1.29 is 14.3 Å². The second-order valence-electron chi connectivity index (χ2n) is 7.64. The summed E-state index contributed by atoms with van der Waals surface area (Å²) in [7, 11) is 0. The van der Waals surface area contributed by atoms with Crippen molar-refractivity contribution in [3.8, 4) is 22.8 Å². The molecule has 7 nitrogen and oxygen atoms in total. The third-order valence-electron chi connectivity index (χ3n) is 5.62. The van der Waals surface area contributed by atoms with Gasteiger partial charge in [0.15, 0.2) is 11.5 Å². The lowest BCUT2D eigenvalue weighted by molar-refractivity contribution is 0.0793. The van der Waals surface area contributed by atoms with Crippen molar-refractivity contribution in [1.29, 1.82) is 0 Å². The summed E-state index contributed by atoms with van der Waals surface area (Å²) in [5.74, 6) is 1.66. The molecule has 2 aliphatic rings. The van der Waals surface area contributed by atoms with Crippen molar-refractivity contribution >= 4 is 5.91 Å². The number of fused-ring (bicyclic) bond motifs is 1. The van der Waals surface area contributed by atoms with Gasteiger partial charge in [0.25, 0.3) is 5.91 Å². The molecule has 2 aromatic carbocycles. The molecule has 154 valence electrons.